The van der Waals surface area contributed by atoms with Gasteiger partial charge >= 0.3 is 6.03 Å². The lowest BCUT2D eigenvalue weighted by Gasteiger charge is -2.09. The zero-order chi connectivity index (χ0) is 21.4. The second kappa shape index (κ2) is 9.89. The number of aromatic nitrogens is 1. The Morgan fingerprint density at radius 3 is 2.33 bits per heavy atom. The Morgan fingerprint density at radius 1 is 0.933 bits per heavy atom. The number of benzene rings is 2. The van der Waals surface area contributed by atoms with Crippen LogP contribution in [0.15, 0.2) is 73.1 Å². The van der Waals surface area contributed by atoms with Crippen LogP contribution in [0.4, 0.5) is 10.5 Å². The molecule has 0 aliphatic heterocycles. The molecule has 0 aliphatic rings. The molecule has 156 valence electrons. The van der Waals surface area contributed by atoms with E-state index in [1.54, 1.807) is 68.0 Å². The summed E-state index contributed by atoms with van der Waals surface area (Å²) in [6.45, 7) is 0.384. The van der Waals surface area contributed by atoms with Crippen LogP contribution >= 0.6 is 0 Å². The number of nitrogens with one attached hydrogen (secondary N) is 2. The van der Waals surface area contributed by atoms with E-state index in [2.05, 4.69) is 15.6 Å². The first-order valence-electron chi connectivity index (χ1n) is 9.29. The molecule has 0 saturated heterocycles. The molecule has 8 heteroatoms. The maximum Gasteiger partial charge on any atom is 0.319 e. The molecule has 2 aromatic carbocycles. The number of urea groups is 1. The molecule has 0 fully saturated rings. The quantitative estimate of drug-likeness (QED) is 0.575. The third-order valence-electron chi connectivity index (χ3n) is 4.32. The third-order valence-corrected chi connectivity index (χ3v) is 5.87. The second-order valence-electron chi connectivity index (χ2n) is 6.74. The molecular formula is C22H23N3O4S. The topological polar surface area (TPSA) is 97.4 Å². The summed E-state index contributed by atoms with van der Waals surface area (Å²) in [7, 11) is -1.80. The molecule has 0 atom stereocenters. The largest absolute Gasteiger partial charge is 0.497 e. The predicted molar refractivity (Wildman–Crippen MR) is 116 cm³/mol. The van der Waals surface area contributed by atoms with Gasteiger partial charge in [-0.15, -0.1) is 0 Å². The zero-order valence-electron chi connectivity index (χ0n) is 16.5. The normalized spacial score (nSPS) is 11.0. The number of sulfone groups is 1. The van der Waals surface area contributed by atoms with Gasteiger partial charge in [0.1, 0.15) is 5.75 Å². The molecule has 30 heavy (non-hydrogen) atoms. The summed E-state index contributed by atoms with van der Waals surface area (Å²) >= 11 is 0. The summed E-state index contributed by atoms with van der Waals surface area (Å²) in [5.41, 5.74) is 2.85. The van der Waals surface area contributed by atoms with Crippen molar-refractivity contribution in [2.45, 2.75) is 18.1 Å². The molecule has 0 saturated carbocycles. The van der Waals surface area contributed by atoms with Gasteiger partial charge in [0.25, 0.3) is 0 Å². The summed E-state index contributed by atoms with van der Waals surface area (Å²) < 4.78 is 30.2. The van der Waals surface area contributed by atoms with Crippen LogP contribution in [0.1, 0.15) is 16.7 Å². The molecule has 3 aromatic rings. The minimum Gasteiger partial charge on any atom is -0.497 e. The molecule has 0 spiro atoms. The Bertz CT molecular complexity index is 1080. The summed E-state index contributed by atoms with van der Waals surface area (Å²) in [5.74, 6) is 0.473. The molecular weight excluding hydrogens is 402 g/mol. The summed E-state index contributed by atoms with van der Waals surface area (Å²) in [4.78, 5) is 15.9. The Kier molecular flexibility index (Phi) is 7.03. The van der Waals surface area contributed by atoms with E-state index in [1.165, 1.54) is 0 Å². The molecule has 7 nitrogen and oxygen atoms in total. The van der Waals surface area contributed by atoms with E-state index in [1.807, 2.05) is 12.1 Å². The fourth-order valence-corrected chi connectivity index (χ4v) is 4.35. The Morgan fingerprint density at radius 2 is 1.63 bits per heavy atom. The van der Waals surface area contributed by atoms with Crippen molar-refractivity contribution in [1.82, 2.24) is 10.3 Å². The lowest BCUT2D eigenvalue weighted by atomic mass is 10.2. The van der Waals surface area contributed by atoms with E-state index in [9.17, 15) is 13.2 Å². The van der Waals surface area contributed by atoms with Crippen LogP contribution < -0.4 is 15.4 Å². The molecule has 1 heterocycles. The fourth-order valence-electron chi connectivity index (χ4n) is 2.86. The highest BCUT2D eigenvalue weighted by Gasteiger charge is 2.14. The second-order valence-corrected chi connectivity index (χ2v) is 8.81. The molecule has 2 N–H and O–H groups in total. The van der Waals surface area contributed by atoms with Crippen molar-refractivity contribution < 1.29 is 17.9 Å². The standard InChI is InChI=1S/C22H23N3O4S/c1-29-21-4-2-3-19(13-21)16-30(27,28)15-18-5-7-20(8-6-18)25-22(26)24-14-17-9-11-23-12-10-17/h2-13H,14-16H2,1H3,(H2,24,25,26). The molecule has 2 amide bonds. The Balaban J connectivity index is 1.53. The highest BCUT2D eigenvalue weighted by molar-refractivity contribution is 7.89. The first kappa shape index (κ1) is 21.3. The van der Waals surface area contributed by atoms with Crippen molar-refractivity contribution in [2.75, 3.05) is 12.4 Å². The van der Waals surface area contributed by atoms with Gasteiger partial charge in [-0.25, -0.2) is 13.2 Å². The van der Waals surface area contributed by atoms with Crippen molar-refractivity contribution in [2.24, 2.45) is 0 Å². The summed E-state index contributed by atoms with van der Waals surface area (Å²) in [5, 5.41) is 5.48. The summed E-state index contributed by atoms with van der Waals surface area (Å²) in [6, 6.07) is 17.1. The number of pyridine rings is 1. The van der Waals surface area contributed by atoms with E-state index in [-0.39, 0.29) is 17.5 Å². The number of nitrogens with zero attached hydrogens (tertiary/aromatic N) is 1. The Hall–Kier alpha value is -3.39. The number of methoxy groups -OCH3 is 1. The van der Waals surface area contributed by atoms with Gasteiger partial charge < -0.3 is 15.4 Å². The van der Waals surface area contributed by atoms with Crippen molar-refractivity contribution in [3.05, 3.63) is 89.7 Å². The van der Waals surface area contributed by atoms with Crippen LogP contribution in [0.25, 0.3) is 0 Å². The lowest BCUT2D eigenvalue weighted by molar-refractivity contribution is 0.251. The van der Waals surface area contributed by atoms with E-state index in [0.717, 1.165) is 5.56 Å². The van der Waals surface area contributed by atoms with Gasteiger partial charge in [0, 0.05) is 24.6 Å². The molecule has 0 bridgehead atoms. The number of rotatable bonds is 8. The van der Waals surface area contributed by atoms with Crippen LogP contribution in [0.2, 0.25) is 0 Å². The number of amides is 2. The third kappa shape index (κ3) is 6.59. The average molecular weight is 426 g/mol. The first-order valence-corrected chi connectivity index (χ1v) is 11.1. The number of anilines is 1. The van der Waals surface area contributed by atoms with Gasteiger partial charge in [-0.1, -0.05) is 24.3 Å². The van der Waals surface area contributed by atoms with E-state index in [4.69, 9.17) is 4.74 Å². The number of carbonyl (C=O) groups excluding carboxylic acids is 1. The highest BCUT2D eigenvalue weighted by atomic mass is 32.2. The van der Waals surface area contributed by atoms with Gasteiger partial charge in [0.05, 0.1) is 18.6 Å². The van der Waals surface area contributed by atoms with E-state index in [0.29, 0.717) is 29.1 Å². The van der Waals surface area contributed by atoms with E-state index < -0.39 is 9.84 Å². The van der Waals surface area contributed by atoms with Crippen LogP contribution in [0, 0.1) is 0 Å². The van der Waals surface area contributed by atoms with Crippen molar-refractivity contribution in [1.29, 1.82) is 0 Å². The minimum absolute atomic E-state index is 0.0678. The maximum atomic E-state index is 12.5. The van der Waals surface area contributed by atoms with Crippen LogP contribution in [0.3, 0.4) is 0 Å². The van der Waals surface area contributed by atoms with Gasteiger partial charge in [-0.3, -0.25) is 4.98 Å². The van der Waals surface area contributed by atoms with Gasteiger partial charge in [0.2, 0.25) is 0 Å². The number of hydrogen-bond donors (Lipinski definition) is 2. The fraction of sp³-hybridized carbons (Fsp3) is 0.182. The van der Waals surface area contributed by atoms with Crippen LogP contribution in [0.5, 0.6) is 5.75 Å². The SMILES string of the molecule is COc1cccc(CS(=O)(=O)Cc2ccc(NC(=O)NCc3ccncc3)cc2)c1. The van der Waals surface area contributed by atoms with Gasteiger partial charge in [-0.05, 0) is 53.1 Å². The number of hydrogen-bond acceptors (Lipinski definition) is 5. The zero-order valence-corrected chi connectivity index (χ0v) is 17.4. The first-order chi connectivity index (χ1) is 14.4. The lowest BCUT2D eigenvalue weighted by Crippen LogP contribution is -2.28. The molecule has 1 aromatic heterocycles. The molecule has 3 rings (SSSR count). The van der Waals surface area contributed by atoms with Crippen molar-refractivity contribution >= 4 is 21.6 Å². The average Bonchev–Trinajstić information content (AvgIpc) is 2.74. The van der Waals surface area contributed by atoms with Crippen molar-refractivity contribution in [3.63, 3.8) is 0 Å². The van der Waals surface area contributed by atoms with Crippen LogP contribution in [-0.4, -0.2) is 26.5 Å². The Labute approximate surface area is 176 Å². The summed E-state index contributed by atoms with van der Waals surface area (Å²) in [6.07, 6.45) is 3.33. The molecule has 0 unspecified atom stereocenters. The number of carbonyl (C=O) groups is 1. The van der Waals surface area contributed by atoms with Gasteiger partial charge in [-0.2, -0.15) is 0 Å². The van der Waals surface area contributed by atoms with E-state index >= 15 is 0 Å². The predicted octanol–water partition coefficient (Wildman–Crippen LogP) is 3.53. The van der Waals surface area contributed by atoms with Crippen LogP contribution in [-0.2, 0) is 27.9 Å². The van der Waals surface area contributed by atoms with Crippen molar-refractivity contribution in [3.8, 4) is 5.75 Å². The number of ether oxygens (including phenoxy) is 1. The molecule has 0 aliphatic carbocycles. The monoisotopic (exact) mass is 425 g/mol. The van der Waals surface area contributed by atoms with Gasteiger partial charge in [0.15, 0.2) is 9.84 Å². The highest BCUT2D eigenvalue weighted by Crippen LogP contribution is 2.18. The minimum atomic E-state index is -3.35. The molecule has 0 radical (unpaired) electrons. The smallest absolute Gasteiger partial charge is 0.319 e. The maximum absolute atomic E-state index is 12.5.